The fraction of sp³-hybridized carbons (Fsp3) is 0.238. The van der Waals surface area contributed by atoms with Crippen LogP contribution in [-0.4, -0.2) is 53.9 Å². The van der Waals surface area contributed by atoms with E-state index in [0.29, 0.717) is 0 Å². The maximum atomic E-state index is 13.2. The molecule has 25 heavy (non-hydrogen) atoms. The minimum atomic E-state index is 0.101. The van der Waals surface area contributed by atoms with Crippen LogP contribution in [0.4, 0.5) is 0 Å². The first-order chi connectivity index (χ1) is 12.2. The quantitative estimate of drug-likeness (QED) is 0.723. The largest absolute Gasteiger partial charge is 0.336 e. The smallest absolute Gasteiger partial charge is 0.254 e. The van der Waals surface area contributed by atoms with Crippen molar-refractivity contribution in [2.24, 2.45) is 0 Å². The molecule has 1 aliphatic heterocycles. The molecule has 0 aliphatic carbocycles. The number of piperazine rings is 1. The highest BCUT2D eigenvalue weighted by Gasteiger charge is 2.22. The van der Waals surface area contributed by atoms with E-state index in [0.717, 1.165) is 53.9 Å². The number of rotatable bonds is 2. The summed E-state index contributed by atoms with van der Waals surface area (Å²) in [6, 6.07) is 19.9. The van der Waals surface area contributed by atoms with Gasteiger partial charge in [0.25, 0.3) is 5.91 Å². The van der Waals surface area contributed by atoms with Crippen LogP contribution in [-0.2, 0) is 0 Å². The highest BCUT2D eigenvalue weighted by Crippen LogP contribution is 2.26. The molecule has 0 bridgehead atoms. The predicted molar refractivity (Wildman–Crippen MR) is 101 cm³/mol. The number of pyridine rings is 1. The van der Waals surface area contributed by atoms with Crippen molar-refractivity contribution in [1.82, 2.24) is 14.8 Å². The van der Waals surface area contributed by atoms with Gasteiger partial charge in [-0.25, -0.2) is 4.98 Å². The Morgan fingerprint density at radius 2 is 1.60 bits per heavy atom. The van der Waals surface area contributed by atoms with Crippen molar-refractivity contribution >= 4 is 16.8 Å². The molecule has 1 fully saturated rings. The molecule has 2 heterocycles. The summed E-state index contributed by atoms with van der Waals surface area (Å²) in [5, 5.41) is 0.922. The molecule has 2 aromatic carbocycles. The summed E-state index contributed by atoms with van der Waals surface area (Å²) in [5.41, 5.74) is 3.48. The van der Waals surface area contributed by atoms with Gasteiger partial charge in [0.2, 0.25) is 0 Å². The average Bonchev–Trinajstić information content (AvgIpc) is 2.68. The normalized spacial score (nSPS) is 15.5. The third-order valence-corrected chi connectivity index (χ3v) is 4.81. The van der Waals surface area contributed by atoms with Gasteiger partial charge in [0.1, 0.15) is 0 Å². The van der Waals surface area contributed by atoms with Gasteiger partial charge < -0.3 is 9.80 Å². The zero-order chi connectivity index (χ0) is 17.2. The number of fused-ring (bicyclic) bond motifs is 1. The van der Waals surface area contributed by atoms with Crippen LogP contribution >= 0.6 is 0 Å². The van der Waals surface area contributed by atoms with Crippen LogP contribution in [0.3, 0.4) is 0 Å². The zero-order valence-electron chi connectivity index (χ0n) is 14.4. The highest BCUT2D eigenvalue weighted by molar-refractivity contribution is 6.07. The van der Waals surface area contributed by atoms with Crippen LogP contribution in [0.25, 0.3) is 22.2 Å². The fourth-order valence-corrected chi connectivity index (χ4v) is 3.29. The second kappa shape index (κ2) is 6.65. The molecule has 0 atom stereocenters. The van der Waals surface area contributed by atoms with E-state index < -0.39 is 0 Å². The minimum absolute atomic E-state index is 0.101. The van der Waals surface area contributed by atoms with Crippen LogP contribution in [0.5, 0.6) is 0 Å². The first-order valence-electron chi connectivity index (χ1n) is 8.65. The summed E-state index contributed by atoms with van der Waals surface area (Å²) < 4.78 is 0. The molecule has 4 heteroatoms. The molecular formula is C21H21N3O. The average molecular weight is 331 g/mol. The molecule has 0 spiro atoms. The van der Waals surface area contributed by atoms with Crippen molar-refractivity contribution in [3.8, 4) is 11.3 Å². The zero-order valence-corrected chi connectivity index (χ0v) is 14.4. The number of nitrogens with zero attached hydrogens (tertiary/aromatic N) is 3. The molecule has 4 nitrogen and oxygen atoms in total. The third-order valence-electron chi connectivity index (χ3n) is 4.81. The SMILES string of the molecule is CN1CCN(C(=O)c2cc(-c3ccccc3)nc3ccccc23)CC1. The Hall–Kier alpha value is -2.72. The molecule has 3 aromatic rings. The van der Waals surface area contributed by atoms with Gasteiger partial charge in [-0.15, -0.1) is 0 Å². The summed E-state index contributed by atoms with van der Waals surface area (Å²) in [6.07, 6.45) is 0. The Labute approximate surface area is 147 Å². The number of benzene rings is 2. The second-order valence-electron chi connectivity index (χ2n) is 6.53. The maximum absolute atomic E-state index is 13.2. The molecule has 1 saturated heterocycles. The number of carbonyl (C=O) groups is 1. The lowest BCUT2D eigenvalue weighted by atomic mass is 10.0. The summed E-state index contributed by atoms with van der Waals surface area (Å²) in [7, 11) is 2.09. The van der Waals surface area contributed by atoms with Crippen molar-refractivity contribution in [3.05, 3.63) is 66.2 Å². The van der Waals surface area contributed by atoms with Crippen molar-refractivity contribution < 1.29 is 4.79 Å². The summed E-state index contributed by atoms with van der Waals surface area (Å²) in [4.78, 5) is 22.2. The van der Waals surface area contributed by atoms with Gasteiger partial charge in [-0.3, -0.25) is 4.79 Å². The molecule has 126 valence electrons. The standard InChI is InChI=1S/C21H21N3O/c1-23-11-13-24(14-12-23)21(25)18-15-20(16-7-3-2-4-8-16)22-19-10-6-5-9-17(18)19/h2-10,15H,11-14H2,1H3. The third kappa shape index (κ3) is 3.13. The first-order valence-corrected chi connectivity index (χ1v) is 8.65. The van der Waals surface area contributed by atoms with E-state index in [1.54, 1.807) is 0 Å². The van der Waals surface area contributed by atoms with Gasteiger partial charge in [-0.2, -0.15) is 0 Å². The Kier molecular flexibility index (Phi) is 4.20. The minimum Gasteiger partial charge on any atom is -0.336 e. The molecule has 0 saturated carbocycles. The van der Waals surface area contributed by atoms with Gasteiger partial charge in [-0.05, 0) is 19.2 Å². The van der Waals surface area contributed by atoms with E-state index in [2.05, 4.69) is 11.9 Å². The van der Waals surface area contributed by atoms with Gasteiger partial charge >= 0.3 is 0 Å². The molecule has 0 N–H and O–H groups in total. The molecule has 0 unspecified atom stereocenters. The topological polar surface area (TPSA) is 36.4 Å². The molecule has 1 aliphatic rings. The number of carbonyl (C=O) groups excluding carboxylic acids is 1. The van der Waals surface area contributed by atoms with E-state index in [1.165, 1.54) is 0 Å². The van der Waals surface area contributed by atoms with Crippen LogP contribution < -0.4 is 0 Å². The monoisotopic (exact) mass is 331 g/mol. The number of likely N-dealkylation sites (N-methyl/N-ethyl adjacent to an activating group) is 1. The molecule has 4 rings (SSSR count). The molecule has 1 amide bonds. The van der Waals surface area contributed by atoms with Gasteiger partial charge in [-0.1, -0.05) is 48.5 Å². The van der Waals surface area contributed by atoms with Gasteiger partial charge in [0, 0.05) is 37.1 Å². The van der Waals surface area contributed by atoms with Gasteiger partial charge in [0.05, 0.1) is 16.8 Å². The molecule has 0 radical (unpaired) electrons. The van der Waals surface area contributed by atoms with Crippen molar-refractivity contribution in [2.75, 3.05) is 33.2 Å². The second-order valence-corrected chi connectivity index (χ2v) is 6.53. The predicted octanol–water partition coefficient (Wildman–Crippen LogP) is 3.29. The lowest BCUT2D eigenvalue weighted by Gasteiger charge is -2.32. The number of amides is 1. The van der Waals surface area contributed by atoms with E-state index in [-0.39, 0.29) is 5.91 Å². The fourth-order valence-electron chi connectivity index (χ4n) is 3.29. The van der Waals surface area contributed by atoms with Crippen LogP contribution in [0.1, 0.15) is 10.4 Å². The van der Waals surface area contributed by atoms with Crippen molar-refractivity contribution in [3.63, 3.8) is 0 Å². The van der Waals surface area contributed by atoms with E-state index >= 15 is 0 Å². The molecule has 1 aromatic heterocycles. The lowest BCUT2D eigenvalue weighted by molar-refractivity contribution is 0.0666. The van der Waals surface area contributed by atoms with E-state index in [9.17, 15) is 4.79 Å². The summed E-state index contributed by atoms with van der Waals surface area (Å²) in [6.45, 7) is 3.37. The first kappa shape index (κ1) is 15.8. The highest BCUT2D eigenvalue weighted by atomic mass is 16.2. The lowest BCUT2D eigenvalue weighted by Crippen LogP contribution is -2.47. The van der Waals surface area contributed by atoms with E-state index in [4.69, 9.17) is 4.98 Å². The van der Waals surface area contributed by atoms with Crippen molar-refractivity contribution in [2.45, 2.75) is 0 Å². The number of aromatic nitrogens is 1. The van der Waals surface area contributed by atoms with Crippen LogP contribution in [0.2, 0.25) is 0 Å². The number of hydrogen-bond acceptors (Lipinski definition) is 3. The molecular weight excluding hydrogens is 310 g/mol. The number of para-hydroxylation sites is 1. The summed E-state index contributed by atoms with van der Waals surface area (Å²) in [5.74, 6) is 0.101. The van der Waals surface area contributed by atoms with Crippen LogP contribution in [0.15, 0.2) is 60.7 Å². The Bertz CT molecular complexity index is 899. The maximum Gasteiger partial charge on any atom is 0.254 e. The van der Waals surface area contributed by atoms with Crippen LogP contribution in [0, 0.1) is 0 Å². The Morgan fingerprint density at radius 3 is 2.36 bits per heavy atom. The van der Waals surface area contributed by atoms with Crippen molar-refractivity contribution in [1.29, 1.82) is 0 Å². The van der Waals surface area contributed by atoms with Gasteiger partial charge in [0.15, 0.2) is 0 Å². The Balaban J connectivity index is 1.80. The summed E-state index contributed by atoms with van der Waals surface area (Å²) >= 11 is 0. The van der Waals surface area contributed by atoms with E-state index in [1.807, 2.05) is 65.6 Å². The number of hydrogen-bond donors (Lipinski definition) is 0. The Morgan fingerprint density at radius 1 is 0.920 bits per heavy atom.